The molecule has 1 unspecified atom stereocenters. The summed E-state index contributed by atoms with van der Waals surface area (Å²) < 4.78 is 0. The molecule has 110 valence electrons. The molecule has 21 heavy (non-hydrogen) atoms. The third kappa shape index (κ3) is 3.75. The Balaban J connectivity index is 2.32. The normalized spacial score (nSPS) is 11.9. The number of anilines is 2. The van der Waals surface area contributed by atoms with Gasteiger partial charge in [0, 0.05) is 16.9 Å². The molecule has 0 saturated heterocycles. The van der Waals surface area contributed by atoms with Crippen molar-refractivity contribution in [3.05, 3.63) is 48.5 Å². The van der Waals surface area contributed by atoms with Crippen molar-refractivity contribution < 1.29 is 9.90 Å². The van der Waals surface area contributed by atoms with E-state index in [0.29, 0.717) is 12.1 Å². The molecule has 4 nitrogen and oxygen atoms in total. The van der Waals surface area contributed by atoms with Crippen molar-refractivity contribution in [1.82, 2.24) is 0 Å². The average molecular weight is 284 g/mol. The Labute approximate surface area is 124 Å². The third-order valence-corrected chi connectivity index (χ3v) is 3.35. The van der Waals surface area contributed by atoms with E-state index < -0.39 is 12.0 Å². The van der Waals surface area contributed by atoms with Crippen LogP contribution in [0.3, 0.4) is 0 Å². The fourth-order valence-electron chi connectivity index (χ4n) is 2.26. The average Bonchev–Trinajstić information content (AvgIpc) is 2.48. The van der Waals surface area contributed by atoms with E-state index in [2.05, 4.69) is 5.32 Å². The van der Waals surface area contributed by atoms with Crippen molar-refractivity contribution in [2.75, 3.05) is 11.1 Å². The lowest BCUT2D eigenvalue weighted by atomic mass is 10.0. The molecule has 0 aliphatic carbocycles. The second-order valence-corrected chi connectivity index (χ2v) is 4.99. The van der Waals surface area contributed by atoms with E-state index in [1.807, 2.05) is 55.5 Å². The first-order chi connectivity index (χ1) is 10.1. The van der Waals surface area contributed by atoms with Gasteiger partial charge in [-0.25, -0.2) is 4.79 Å². The number of carboxylic acids is 1. The Kier molecular flexibility index (Phi) is 4.82. The fraction of sp³-hybridized carbons (Fsp3) is 0.235. The monoisotopic (exact) mass is 284 g/mol. The largest absolute Gasteiger partial charge is 0.480 e. The van der Waals surface area contributed by atoms with E-state index in [1.54, 1.807) is 0 Å². The highest BCUT2D eigenvalue weighted by molar-refractivity contribution is 5.83. The van der Waals surface area contributed by atoms with Gasteiger partial charge in [-0.1, -0.05) is 43.7 Å². The van der Waals surface area contributed by atoms with Crippen LogP contribution in [0.2, 0.25) is 0 Å². The van der Waals surface area contributed by atoms with Crippen molar-refractivity contribution in [3.63, 3.8) is 0 Å². The Bertz CT molecular complexity index is 608. The Hall–Kier alpha value is -2.49. The van der Waals surface area contributed by atoms with Crippen LogP contribution in [-0.4, -0.2) is 17.1 Å². The zero-order chi connectivity index (χ0) is 15.2. The predicted octanol–water partition coefficient (Wildman–Crippen LogP) is 3.60. The lowest BCUT2D eigenvalue weighted by Gasteiger charge is -2.18. The van der Waals surface area contributed by atoms with E-state index >= 15 is 0 Å². The van der Waals surface area contributed by atoms with Crippen LogP contribution in [0.5, 0.6) is 0 Å². The summed E-state index contributed by atoms with van der Waals surface area (Å²) in [6.07, 6.45) is 1.40. The standard InChI is InChI=1S/C17H20N2O2/c1-2-5-16(17(20)21)19-15-7-4-3-6-14(15)12-8-10-13(18)11-9-12/h3-4,6-11,16,19H,2,5,18H2,1H3,(H,20,21). The first-order valence-corrected chi connectivity index (χ1v) is 7.06. The third-order valence-electron chi connectivity index (χ3n) is 3.35. The molecule has 1 atom stereocenters. The van der Waals surface area contributed by atoms with Gasteiger partial charge in [-0.2, -0.15) is 0 Å². The highest BCUT2D eigenvalue weighted by Crippen LogP contribution is 2.29. The molecule has 0 heterocycles. The highest BCUT2D eigenvalue weighted by Gasteiger charge is 2.17. The number of carbonyl (C=O) groups is 1. The van der Waals surface area contributed by atoms with Gasteiger partial charge in [0.2, 0.25) is 0 Å². The zero-order valence-electron chi connectivity index (χ0n) is 12.0. The number of rotatable bonds is 6. The van der Waals surface area contributed by atoms with Gasteiger partial charge in [-0.15, -0.1) is 0 Å². The number of nitrogens with one attached hydrogen (secondary N) is 1. The zero-order valence-corrected chi connectivity index (χ0v) is 12.0. The van der Waals surface area contributed by atoms with Crippen LogP contribution in [0.1, 0.15) is 19.8 Å². The number of carboxylic acid groups (broad SMARTS) is 1. The van der Waals surface area contributed by atoms with E-state index in [4.69, 9.17) is 5.73 Å². The van der Waals surface area contributed by atoms with Gasteiger partial charge < -0.3 is 16.2 Å². The van der Waals surface area contributed by atoms with Crippen LogP contribution in [-0.2, 0) is 4.79 Å². The SMILES string of the molecule is CCCC(Nc1ccccc1-c1ccc(N)cc1)C(=O)O. The molecule has 0 fully saturated rings. The molecule has 4 heteroatoms. The van der Waals surface area contributed by atoms with E-state index in [-0.39, 0.29) is 0 Å². The second-order valence-electron chi connectivity index (χ2n) is 4.99. The van der Waals surface area contributed by atoms with Crippen LogP contribution in [0, 0.1) is 0 Å². The van der Waals surface area contributed by atoms with E-state index in [1.165, 1.54) is 0 Å². The van der Waals surface area contributed by atoms with Crippen molar-refractivity contribution >= 4 is 17.3 Å². The number of nitrogen functional groups attached to an aromatic ring is 1. The maximum Gasteiger partial charge on any atom is 0.326 e. The van der Waals surface area contributed by atoms with Crippen LogP contribution in [0.4, 0.5) is 11.4 Å². The Morgan fingerprint density at radius 3 is 2.48 bits per heavy atom. The lowest BCUT2D eigenvalue weighted by Crippen LogP contribution is -2.29. The number of hydrogen-bond donors (Lipinski definition) is 3. The number of aliphatic carboxylic acids is 1. The number of nitrogens with two attached hydrogens (primary N) is 1. The quantitative estimate of drug-likeness (QED) is 0.708. The van der Waals surface area contributed by atoms with Gasteiger partial charge in [0.1, 0.15) is 6.04 Å². The Morgan fingerprint density at radius 1 is 1.19 bits per heavy atom. The first-order valence-electron chi connectivity index (χ1n) is 7.06. The van der Waals surface area contributed by atoms with Crippen LogP contribution in [0.25, 0.3) is 11.1 Å². The maximum atomic E-state index is 11.3. The van der Waals surface area contributed by atoms with Gasteiger partial charge in [0.25, 0.3) is 0 Å². The number of para-hydroxylation sites is 1. The lowest BCUT2D eigenvalue weighted by molar-refractivity contribution is -0.138. The molecule has 2 aromatic carbocycles. The molecule has 0 aliphatic heterocycles. The predicted molar refractivity (Wildman–Crippen MR) is 86.2 cm³/mol. The smallest absolute Gasteiger partial charge is 0.326 e. The van der Waals surface area contributed by atoms with Gasteiger partial charge >= 0.3 is 5.97 Å². The van der Waals surface area contributed by atoms with E-state index in [0.717, 1.165) is 23.2 Å². The molecule has 2 rings (SSSR count). The highest BCUT2D eigenvalue weighted by atomic mass is 16.4. The van der Waals surface area contributed by atoms with Crippen LogP contribution in [0.15, 0.2) is 48.5 Å². The minimum Gasteiger partial charge on any atom is -0.480 e. The van der Waals surface area contributed by atoms with Crippen molar-refractivity contribution in [2.24, 2.45) is 0 Å². The number of hydrogen-bond acceptors (Lipinski definition) is 3. The molecular formula is C17H20N2O2. The summed E-state index contributed by atoms with van der Waals surface area (Å²) in [5.41, 5.74) is 9.22. The summed E-state index contributed by atoms with van der Waals surface area (Å²) >= 11 is 0. The summed E-state index contributed by atoms with van der Waals surface area (Å²) in [4.78, 5) is 11.3. The topological polar surface area (TPSA) is 75.3 Å². The molecule has 0 spiro atoms. The van der Waals surface area contributed by atoms with Crippen molar-refractivity contribution in [3.8, 4) is 11.1 Å². The molecule has 0 bridgehead atoms. The fourth-order valence-corrected chi connectivity index (χ4v) is 2.26. The van der Waals surface area contributed by atoms with Gasteiger partial charge in [-0.05, 0) is 30.2 Å². The molecular weight excluding hydrogens is 264 g/mol. The van der Waals surface area contributed by atoms with Gasteiger partial charge in [0.05, 0.1) is 0 Å². The maximum absolute atomic E-state index is 11.3. The molecule has 0 radical (unpaired) electrons. The van der Waals surface area contributed by atoms with Crippen LogP contribution < -0.4 is 11.1 Å². The molecule has 0 aromatic heterocycles. The summed E-state index contributed by atoms with van der Waals surface area (Å²) in [5.74, 6) is -0.830. The molecule has 0 saturated carbocycles. The van der Waals surface area contributed by atoms with Crippen molar-refractivity contribution in [2.45, 2.75) is 25.8 Å². The molecule has 0 amide bonds. The summed E-state index contributed by atoms with van der Waals surface area (Å²) in [7, 11) is 0. The van der Waals surface area contributed by atoms with E-state index in [9.17, 15) is 9.90 Å². The molecule has 4 N–H and O–H groups in total. The van der Waals surface area contributed by atoms with Gasteiger partial charge in [-0.3, -0.25) is 0 Å². The first kappa shape index (κ1) is 14.9. The van der Waals surface area contributed by atoms with Gasteiger partial charge in [0.15, 0.2) is 0 Å². The molecule has 2 aromatic rings. The summed E-state index contributed by atoms with van der Waals surface area (Å²) in [5, 5.41) is 12.4. The number of benzene rings is 2. The summed E-state index contributed by atoms with van der Waals surface area (Å²) in [6.45, 7) is 1.98. The minimum absolute atomic E-state index is 0.579. The second kappa shape index (κ2) is 6.79. The van der Waals surface area contributed by atoms with Crippen LogP contribution >= 0.6 is 0 Å². The van der Waals surface area contributed by atoms with Crippen molar-refractivity contribution in [1.29, 1.82) is 0 Å². The minimum atomic E-state index is -0.830. The Morgan fingerprint density at radius 2 is 1.86 bits per heavy atom. The summed E-state index contributed by atoms with van der Waals surface area (Å²) in [6, 6.07) is 14.7. The molecule has 0 aliphatic rings.